The first-order chi connectivity index (χ1) is 8.70. The van der Waals surface area contributed by atoms with Gasteiger partial charge in [0.15, 0.2) is 0 Å². The third-order valence-corrected chi connectivity index (χ3v) is 1.87. The number of carbonyl (C=O) groups excluding carboxylic acids is 1. The number of ether oxygens (including phenoxy) is 2. The summed E-state index contributed by atoms with van der Waals surface area (Å²) in [4.78, 5) is 24.1. The van der Waals surface area contributed by atoms with Crippen LogP contribution in [0, 0.1) is 0 Å². The van der Waals surface area contributed by atoms with Crippen LogP contribution in [0.3, 0.4) is 0 Å². The Morgan fingerprint density at radius 3 is 2.50 bits per heavy atom. The number of aromatic nitrogens is 1. The predicted molar refractivity (Wildman–Crippen MR) is 61.2 cm³/mol. The number of nitrogens with one attached hydrogen (secondary N) is 1. The number of carbonyl (C=O) groups is 2. The van der Waals surface area contributed by atoms with Crippen molar-refractivity contribution in [3.63, 3.8) is 0 Å². The van der Waals surface area contributed by atoms with Crippen molar-refractivity contribution in [1.82, 2.24) is 10.3 Å². The molecule has 98 valence electrons. The second-order valence-electron chi connectivity index (χ2n) is 3.25. The number of morpholine rings is 1. The molecule has 0 amide bonds. The Hall–Kier alpha value is -1.99. The average Bonchev–Trinajstić information content (AvgIpc) is 2.42. The van der Waals surface area contributed by atoms with E-state index in [1.54, 1.807) is 0 Å². The quantitative estimate of drug-likeness (QED) is 0.523. The molecule has 0 saturated carbocycles. The van der Waals surface area contributed by atoms with Crippen LogP contribution < -0.4 is 10.1 Å². The van der Waals surface area contributed by atoms with Crippen LogP contribution in [-0.4, -0.2) is 48.3 Å². The van der Waals surface area contributed by atoms with Gasteiger partial charge < -0.3 is 19.9 Å². The standard InChI is InChI=1S/C7H5NO4.C4H9NO/c9-6(10)7(11)12-5-2-1-3-8-4-5;1-3-6-4-2-5-1/h1-4H,(H,9,10);5H,1-4H2. The van der Waals surface area contributed by atoms with Crippen molar-refractivity contribution in [2.24, 2.45) is 0 Å². The second-order valence-corrected chi connectivity index (χ2v) is 3.25. The maximum atomic E-state index is 10.5. The number of nitrogens with zero attached hydrogens (tertiary/aromatic N) is 1. The molecule has 2 rings (SSSR count). The molecule has 0 spiro atoms. The molecule has 0 unspecified atom stereocenters. The van der Waals surface area contributed by atoms with Gasteiger partial charge in [-0.15, -0.1) is 0 Å². The highest BCUT2D eigenvalue weighted by Gasteiger charge is 2.13. The zero-order valence-corrected chi connectivity index (χ0v) is 9.67. The summed E-state index contributed by atoms with van der Waals surface area (Å²) in [6, 6.07) is 2.97. The lowest BCUT2D eigenvalue weighted by Crippen LogP contribution is -2.30. The maximum absolute atomic E-state index is 10.5. The maximum Gasteiger partial charge on any atom is 0.422 e. The predicted octanol–water partition coefficient (Wildman–Crippen LogP) is -0.322. The van der Waals surface area contributed by atoms with Gasteiger partial charge >= 0.3 is 11.9 Å². The van der Waals surface area contributed by atoms with Crippen LogP contribution in [0.2, 0.25) is 0 Å². The van der Waals surface area contributed by atoms with Crippen LogP contribution in [0.5, 0.6) is 5.75 Å². The smallest absolute Gasteiger partial charge is 0.422 e. The molecular weight excluding hydrogens is 240 g/mol. The molecule has 1 aliphatic rings. The topological polar surface area (TPSA) is 97.8 Å². The minimum atomic E-state index is -1.63. The fourth-order valence-electron chi connectivity index (χ4n) is 1.07. The fraction of sp³-hybridized carbons (Fsp3) is 0.364. The number of hydrogen-bond donors (Lipinski definition) is 2. The van der Waals surface area contributed by atoms with E-state index in [1.165, 1.54) is 24.5 Å². The molecular formula is C11H14N2O5. The monoisotopic (exact) mass is 254 g/mol. The highest BCUT2D eigenvalue weighted by molar-refractivity contribution is 6.29. The van der Waals surface area contributed by atoms with Crippen LogP contribution in [0.1, 0.15) is 0 Å². The highest BCUT2D eigenvalue weighted by Crippen LogP contribution is 2.05. The minimum absolute atomic E-state index is 0.116. The van der Waals surface area contributed by atoms with Crippen LogP contribution >= 0.6 is 0 Å². The molecule has 1 aromatic heterocycles. The van der Waals surface area contributed by atoms with Gasteiger partial charge in [0.2, 0.25) is 0 Å². The third kappa shape index (κ3) is 5.92. The number of rotatable bonds is 1. The van der Waals surface area contributed by atoms with Gasteiger partial charge in [0.05, 0.1) is 19.4 Å². The van der Waals surface area contributed by atoms with E-state index in [1.807, 2.05) is 0 Å². The third-order valence-electron chi connectivity index (χ3n) is 1.87. The fourth-order valence-corrected chi connectivity index (χ4v) is 1.07. The molecule has 1 saturated heterocycles. The molecule has 18 heavy (non-hydrogen) atoms. The van der Waals surface area contributed by atoms with Gasteiger partial charge in [0.25, 0.3) is 0 Å². The Labute approximate surface area is 104 Å². The summed E-state index contributed by atoms with van der Waals surface area (Å²) in [5.74, 6) is -2.83. The summed E-state index contributed by atoms with van der Waals surface area (Å²) in [6.45, 7) is 3.83. The summed E-state index contributed by atoms with van der Waals surface area (Å²) >= 11 is 0. The first-order valence-corrected chi connectivity index (χ1v) is 5.33. The lowest BCUT2D eigenvalue weighted by molar-refractivity contribution is -0.158. The number of hydrogen-bond acceptors (Lipinski definition) is 6. The molecule has 0 atom stereocenters. The van der Waals surface area contributed by atoms with Crippen molar-refractivity contribution in [3.05, 3.63) is 24.5 Å². The van der Waals surface area contributed by atoms with Gasteiger partial charge in [-0.25, -0.2) is 9.59 Å². The van der Waals surface area contributed by atoms with Crippen molar-refractivity contribution in [3.8, 4) is 5.75 Å². The molecule has 0 bridgehead atoms. The van der Waals surface area contributed by atoms with E-state index < -0.39 is 11.9 Å². The van der Waals surface area contributed by atoms with E-state index in [0.29, 0.717) is 0 Å². The minimum Gasteiger partial charge on any atom is -0.473 e. The van der Waals surface area contributed by atoms with Crippen LogP contribution in [0.15, 0.2) is 24.5 Å². The SMILES string of the molecule is C1COCCN1.O=C(O)C(=O)Oc1cccnc1. The summed E-state index contributed by atoms with van der Waals surface area (Å²) in [7, 11) is 0. The number of aliphatic carboxylic acids is 1. The van der Waals surface area contributed by atoms with Crippen LogP contribution in [0.4, 0.5) is 0 Å². The van der Waals surface area contributed by atoms with E-state index in [-0.39, 0.29) is 5.75 Å². The molecule has 1 fully saturated rings. The Morgan fingerprint density at radius 1 is 1.39 bits per heavy atom. The molecule has 0 aromatic carbocycles. The molecule has 7 nitrogen and oxygen atoms in total. The average molecular weight is 254 g/mol. The second kappa shape index (κ2) is 8.15. The van der Waals surface area contributed by atoms with Gasteiger partial charge in [-0.3, -0.25) is 4.98 Å². The number of esters is 1. The molecule has 0 radical (unpaired) electrons. The van der Waals surface area contributed by atoms with Crippen molar-refractivity contribution in [1.29, 1.82) is 0 Å². The highest BCUT2D eigenvalue weighted by atomic mass is 16.6. The molecule has 7 heteroatoms. The van der Waals surface area contributed by atoms with Gasteiger partial charge in [0.1, 0.15) is 5.75 Å². The molecule has 1 aliphatic heterocycles. The Bertz CT molecular complexity index is 367. The molecule has 2 N–H and O–H groups in total. The summed E-state index contributed by atoms with van der Waals surface area (Å²) in [5, 5.41) is 11.3. The first-order valence-electron chi connectivity index (χ1n) is 5.33. The van der Waals surface area contributed by atoms with Crippen molar-refractivity contribution < 1.29 is 24.2 Å². The molecule has 1 aromatic rings. The summed E-state index contributed by atoms with van der Waals surface area (Å²) in [6.07, 6.45) is 2.74. The molecule has 0 aliphatic carbocycles. The number of pyridine rings is 1. The molecule has 2 heterocycles. The lowest BCUT2D eigenvalue weighted by Gasteiger charge is -2.10. The van der Waals surface area contributed by atoms with E-state index in [4.69, 9.17) is 9.84 Å². The van der Waals surface area contributed by atoms with Crippen molar-refractivity contribution in [2.75, 3.05) is 26.3 Å². The van der Waals surface area contributed by atoms with Gasteiger partial charge in [-0.1, -0.05) is 0 Å². The Balaban J connectivity index is 0.000000225. The van der Waals surface area contributed by atoms with Gasteiger partial charge in [0, 0.05) is 19.3 Å². The van der Waals surface area contributed by atoms with Crippen LogP contribution in [-0.2, 0) is 14.3 Å². The zero-order valence-electron chi connectivity index (χ0n) is 9.67. The van der Waals surface area contributed by atoms with Gasteiger partial charge in [-0.05, 0) is 12.1 Å². The van der Waals surface area contributed by atoms with Gasteiger partial charge in [-0.2, -0.15) is 0 Å². The largest absolute Gasteiger partial charge is 0.473 e. The van der Waals surface area contributed by atoms with E-state index in [0.717, 1.165) is 26.3 Å². The Morgan fingerprint density at radius 2 is 2.11 bits per heavy atom. The normalized spacial score (nSPS) is 14.0. The lowest BCUT2D eigenvalue weighted by atomic mass is 10.5. The van der Waals surface area contributed by atoms with Crippen molar-refractivity contribution >= 4 is 11.9 Å². The first kappa shape index (κ1) is 14.1. The van der Waals surface area contributed by atoms with Crippen LogP contribution in [0.25, 0.3) is 0 Å². The van der Waals surface area contributed by atoms with E-state index >= 15 is 0 Å². The number of carboxylic acids is 1. The number of carboxylic acid groups (broad SMARTS) is 1. The van der Waals surface area contributed by atoms with E-state index in [9.17, 15) is 9.59 Å². The Kier molecular flexibility index (Phi) is 6.37. The van der Waals surface area contributed by atoms with Crippen molar-refractivity contribution in [2.45, 2.75) is 0 Å². The summed E-state index contributed by atoms with van der Waals surface area (Å²) < 4.78 is 9.38. The summed E-state index contributed by atoms with van der Waals surface area (Å²) in [5.41, 5.74) is 0. The van der Waals surface area contributed by atoms with E-state index in [2.05, 4.69) is 15.0 Å². The zero-order chi connectivity index (χ0) is 13.2.